The van der Waals surface area contributed by atoms with E-state index >= 15 is 0 Å². The van der Waals surface area contributed by atoms with Gasteiger partial charge in [-0.2, -0.15) is 13.2 Å². The molecule has 110 valence electrons. The van der Waals surface area contributed by atoms with E-state index in [1.54, 1.807) is 4.90 Å². The summed E-state index contributed by atoms with van der Waals surface area (Å²) in [6.45, 7) is 0. The second kappa shape index (κ2) is 5.38. The Labute approximate surface area is 127 Å². The van der Waals surface area contributed by atoms with Crippen LogP contribution in [-0.2, 0) is 11.0 Å². The molecule has 1 aromatic carbocycles. The Bertz CT molecular complexity index is 637. The lowest BCUT2D eigenvalue weighted by Gasteiger charge is -2.23. The highest BCUT2D eigenvalue weighted by atomic mass is 32.2. The van der Waals surface area contributed by atoms with Crippen molar-refractivity contribution in [2.75, 3.05) is 10.7 Å². The first kappa shape index (κ1) is 14.5. The largest absolute Gasteiger partial charge is 0.416 e. The third kappa shape index (κ3) is 2.80. The molecule has 2 heterocycles. The molecule has 1 saturated heterocycles. The van der Waals surface area contributed by atoms with Gasteiger partial charge in [-0.05, 0) is 35.7 Å². The monoisotopic (exact) mass is 329 g/mol. The van der Waals surface area contributed by atoms with E-state index in [-0.39, 0.29) is 11.3 Å². The summed E-state index contributed by atoms with van der Waals surface area (Å²) >= 11 is 3.02. The molecule has 0 aliphatic carbocycles. The van der Waals surface area contributed by atoms with Crippen molar-refractivity contribution in [2.45, 2.75) is 11.6 Å². The molecule has 0 spiro atoms. The molecule has 1 amide bonds. The highest BCUT2D eigenvalue weighted by Crippen LogP contribution is 2.43. The number of hydrogen-bond acceptors (Lipinski definition) is 3. The number of thiophene rings is 1. The summed E-state index contributed by atoms with van der Waals surface area (Å²) in [7, 11) is 0. The fraction of sp³-hybridized carbons (Fsp3) is 0.214. The van der Waals surface area contributed by atoms with E-state index in [4.69, 9.17) is 0 Å². The molecule has 0 saturated carbocycles. The van der Waals surface area contributed by atoms with Gasteiger partial charge in [0.2, 0.25) is 5.91 Å². The lowest BCUT2D eigenvalue weighted by atomic mass is 10.2. The molecule has 3 rings (SSSR count). The quantitative estimate of drug-likeness (QED) is 0.806. The molecule has 1 atom stereocenters. The smallest absolute Gasteiger partial charge is 0.294 e. The number of amides is 1. The summed E-state index contributed by atoms with van der Waals surface area (Å²) in [5.74, 6) is 0.252. The number of carbonyl (C=O) groups excluding carboxylic acids is 1. The minimum atomic E-state index is -4.37. The first-order valence-electron chi connectivity index (χ1n) is 6.11. The predicted octanol–water partition coefficient (Wildman–Crippen LogP) is 4.55. The number of nitrogens with zero attached hydrogens (tertiary/aromatic N) is 1. The van der Waals surface area contributed by atoms with Crippen LogP contribution in [0.5, 0.6) is 0 Å². The SMILES string of the molecule is O=C1CS[C@@H](c2cccs2)N1c1ccc(C(F)(F)F)cc1. The standard InChI is InChI=1S/C14H10F3NOS2/c15-14(16,17)9-3-5-10(6-4-9)18-12(19)8-21-13(18)11-2-1-7-20-11/h1-7,13H,8H2/t13-/m0/s1. The van der Waals surface area contributed by atoms with Crippen LogP contribution in [0.25, 0.3) is 0 Å². The second-order valence-electron chi connectivity index (χ2n) is 4.49. The van der Waals surface area contributed by atoms with Gasteiger partial charge >= 0.3 is 6.18 Å². The Kier molecular flexibility index (Phi) is 3.71. The molecular weight excluding hydrogens is 319 g/mol. The molecule has 2 aromatic rings. The Morgan fingerprint density at radius 2 is 1.86 bits per heavy atom. The van der Waals surface area contributed by atoms with E-state index in [0.29, 0.717) is 11.4 Å². The average molecular weight is 329 g/mol. The van der Waals surface area contributed by atoms with Gasteiger partial charge < -0.3 is 0 Å². The highest BCUT2D eigenvalue weighted by Gasteiger charge is 2.35. The van der Waals surface area contributed by atoms with E-state index in [9.17, 15) is 18.0 Å². The fourth-order valence-corrected chi connectivity index (χ4v) is 4.29. The van der Waals surface area contributed by atoms with Gasteiger partial charge in [-0.1, -0.05) is 6.07 Å². The molecule has 7 heteroatoms. The van der Waals surface area contributed by atoms with Crippen LogP contribution in [0.3, 0.4) is 0 Å². The van der Waals surface area contributed by atoms with Crippen LogP contribution in [0, 0.1) is 0 Å². The molecule has 1 fully saturated rings. The number of carbonyl (C=O) groups is 1. The van der Waals surface area contributed by atoms with Crippen molar-refractivity contribution in [3.8, 4) is 0 Å². The van der Waals surface area contributed by atoms with E-state index < -0.39 is 11.7 Å². The van der Waals surface area contributed by atoms with Gasteiger partial charge in [-0.3, -0.25) is 9.69 Å². The van der Waals surface area contributed by atoms with Crippen molar-refractivity contribution in [3.05, 3.63) is 52.2 Å². The maximum Gasteiger partial charge on any atom is 0.416 e. The average Bonchev–Trinajstić information content (AvgIpc) is 3.06. The van der Waals surface area contributed by atoms with Crippen molar-refractivity contribution in [3.63, 3.8) is 0 Å². The van der Waals surface area contributed by atoms with Crippen LogP contribution in [-0.4, -0.2) is 11.7 Å². The molecule has 2 nitrogen and oxygen atoms in total. The van der Waals surface area contributed by atoms with Gasteiger partial charge in [0.05, 0.1) is 11.3 Å². The van der Waals surface area contributed by atoms with Crippen molar-refractivity contribution >= 4 is 34.7 Å². The van der Waals surface area contributed by atoms with Gasteiger partial charge in [0, 0.05) is 10.6 Å². The van der Waals surface area contributed by atoms with E-state index in [1.165, 1.54) is 35.2 Å². The topological polar surface area (TPSA) is 20.3 Å². The second-order valence-corrected chi connectivity index (χ2v) is 6.53. The molecular formula is C14H10F3NOS2. The van der Waals surface area contributed by atoms with Crippen molar-refractivity contribution in [2.24, 2.45) is 0 Å². The fourth-order valence-electron chi connectivity index (χ4n) is 2.16. The summed E-state index contributed by atoms with van der Waals surface area (Å²) in [6, 6.07) is 8.56. The summed E-state index contributed by atoms with van der Waals surface area (Å²) in [5, 5.41) is 1.76. The van der Waals surface area contributed by atoms with Gasteiger partial charge in [-0.25, -0.2) is 0 Å². The maximum atomic E-state index is 12.6. The lowest BCUT2D eigenvalue weighted by molar-refractivity contribution is -0.137. The first-order chi connectivity index (χ1) is 9.97. The number of halogens is 3. The summed E-state index contributed by atoms with van der Waals surface area (Å²) in [5.41, 5.74) is -0.213. The van der Waals surface area contributed by atoms with Crippen molar-refractivity contribution in [1.29, 1.82) is 0 Å². The van der Waals surface area contributed by atoms with Gasteiger partial charge in [-0.15, -0.1) is 23.1 Å². The van der Waals surface area contributed by atoms with Crippen LogP contribution in [0.1, 0.15) is 15.8 Å². The Morgan fingerprint density at radius 1 is 1.14 bits per heavy atom. The van der Waals surface area contributed by atoms with Gasteiger partial charge in [0.1, 0.15) is 5.37 Å². The van der Waals surface area contributed by atoms with Crippen LogP contribution < -0.4 is 4.90 Å². The zero-order chi connectivity index (χ0) is 15.0. The summed E-state index contributed by atoms with van der Waals surface area (Å²) in [4.78, 5) is 14.6. The third-order valence-corrected chi connectivity index (χ3v) is 5.40. The van der Waals surface area contributed by atoms with E-state index in [1.807, 2.05) is 17.5 Å². The Balaban J connectivity index is 1.92. The molecule has 1 aliphatic heterocycles. The number of rotatable bonds is 2. The minimum absolute atomic E-state index is 0.0850. The van der Waals surface area contributed by atoms with Crippen LogP contribution in [0.2, 0.25) is 0 Å². The molecule has 0 unspecified atom stereocenters. The number of thioether (sulfide) groups is 1. The zero-order valence-electron chi connectivity index (χ0n) is 10.6. The molecule has 0 bridgehead atoms. The molecule has 21 heavy (non-hydrogen) atoms. The zero-order valence-corrected chi connectivity index (χ0v) is 12.3. The molecule has 1 aliphatic rings. The van der Waals surface area contributed by atoms with Crippen LogP contribution in [0.15, 0.2) is 41.8 Å². The number of hydrogen-bond donors (Lipinski definition) is 0. The molecule has 0 radical (unpaired) electrons. The van der Waals surface area contributed by atoms with Gasteiger partial charge in [0.15, 0.2) is 0 Å². The molecule has 0 N–H and O–H groups in total. The maximum absolute atomic E-state index is 12.6. The first-order valence-corrected chi connectivity index (χ1v) is 8.04. The summed E-state index contributed by atoms with van der Waals surface area (Å²) < 4.78 is 37.8. The Morgan fingerprint density at radius 3 is 2.43 bits per heavy atom. The number of anilines is 1. The third-order valence-electron chi connectivity index (χ3n) is 3.13. The molecule has 1 aromatic heterocycles. The van der Waals surface area contributed by atoms with Crippen molar-refractivity contribution in [1.82, 2.24) is 0 Å². The van der Waals surface area contributed by atoms with Crippen LogP contribution >= 0.6 is 23.1 Å². The van der Waals surface area contributed by atoms with E-state index in [2.05, 4.69) is 0 Å². The minimum Gasteiger partial charge on any atom is -0.294 e. The van der Waals surface area contributed by atoms with Gasteiger partial charge in [0.25, 0.3) is 0 Å². The Hall–Kier alpha value is -1.47. The summed E-state index contributed by atoms with van der Waals surface area (Å²) in [6.07, 6.45) is -4.37. The van der Waals surface area contributed by atoms with Crippen molar-refractivity contribution < 1.29 is 18.0 Å². The normalized spacial score (nSPS) is 19.3. The number of benzene rings is 1. The number of alkyl halides is 3. The van der Waals surface area contributed by atoms with E-state index in [0.717, 1.165) is 17.0 Å². The van der Waals surface area contributed by atoms with Crippen LogP contribution in [0.4, 0.5) is 18.9 Å². The lowest BCUT2D eigenvalue weighted by Crippen LogP contribution is -2.27. The highest BCUT2D eigenvalue weighted by molar-refractivity contribution is 8.01. The predicted molar refractivity (Wildman–Crippen MR) is 78.4 cm³/mol.